The van der Waals surface area contributed by atoms with Crippen LogP contribution in [0, 0.1) is 17.8 Å². The van der Waals surface area contributed by atoms with Crippen molar-refractivity contribution >= 4 is 0 Å². The molecule has 1 rings (SSSR count). The van der Waals surface area contributed by atoms with Crippen molar-refractivity contribution in [2.75, 3.05) is 0 Å². The van der Waals surface area contributed by atoms with Gasteiger partial charge in [0.25, 0.3) is 0 Å². The third kappa shape index (κ3) is 11.5. The summed E-state index contributed by atoms with van der Waals surface area (Å²) in [6.07, 6.45) is 14.7. The standard InChI is InChI=1S/C32H51N.C2H6/c1-11-24(7)31(32(33)27(10)23(5)6)20-17-28-15-18-30(19-16-28)26(9)14-13-25(8)29(12-2)21-22(3)4;1-2/h12,21-22,28,30H,2,5,8-9,11,13-20,33H2,1,3-4,6-7,10H3;1-2H3/b29-21+,31-24+,32-27+;. The molecular formula is C34H57N. The molecule has 1 aliphatic rings. The highest BCUT2D eigenvalue weighted by atomic mass is 14.6. The average molecular weight is 480 g/mol. The van der Waals surface area contributed by atoms with Crippen LogP contribution in [0.4, 0.5) is 0 Å². The highest BCUT2D eigenvalue weighted by Gasteiger charge is 2.23. The van der Waals surface area contributed by atoms with Crippen molar-refractivity contribution in [1.29, 1.82) is 0 Å². The molecule has 0 aromatic carbocycles. The first-order valence-corrected chi connectivity index (χ1v) is 14.0. The fraction of sp³-hybridized carbons (Fsp3) is 0.588. The quantitative estimate of drug-likeness (QED) is 0.206. The zero-order valence-corrected chi connectivity index (χ0v) is 24.7. The van der Waals surface area contributed by atoms with Crippen molar-refractivity contribution in [2.45, 2.75) is 113 Å². The first-order valence-electron chi connectivity index (χ1n) is 14.0. The maximum atomic E-state index is 6.56. The van der Waals surface area contributed by atoms with E-state index in [1.807, 2.05) is 26.8 Å². The number of rotatable bonds is 13. The summed E-state index contributed by atoms with van der Waals surface area (Å²) in [7, 11) is 0. The van der Waals surface area contributed by atoms with Gasteiger partial charge in [-0.3, -0.25) is 0 Å². The molecule has 0 amide bonds. The van der Waals surface area contributed by atoms with Crippen LogP contribution in [0.25, 0.3) is 0 Å². The maximum absolute atomic E-state index is 6.56. The predicted octanol–water partition coefficient (Wildman–Crippen LogP) is 10.8. The Morgan fingerprint density at radius 2 is 1.51 bits per heavy atom. The first kappa shape index (κ1) is 33.0. The van der Waals surface area contributed by atoms with Crippen LogP contribution in [-0.2, 0) is 0 Å². The molecule has 0 spiro atoms. The van der Waals surface area contributed by atoms with Gasteiger partial charge < -0.3 is 5.73 Å². The molecular weight excluding hydrogens is 422 g/mol. The van der Waals surface area contributed by atoms with Crippen LogP contribution in [0.15, 0.2) is 83.2 Å². The van der Waals surface area contributed by atoms with Crippen molar-refractivity contribution in [3.8, 4) is 0 Å². The van der Waals surface area contributed by atoms with E-state index < -0.39 is 0 Å². The van der Waals surface area contributed by atoms with E-state index in [-0.39, 0.29) is 0 Å². The highest BCUT2D eigenvalue weighted by molar-refractivity contribution is 5.42. The molecule has 0 unspecified atom stereocenters. The van der Waals surface area contributed by atoms with Crippen LogP contribution < -0.4 is 5.73 Å². The Labute approximate surface area is 219 Å². The van der Waals surface area contributed by atoms with Gasteiger partial charge in [0.2, 0.25) is 0 Å². The smallest absolute Gasteiger partial charge is 0.0378 e. The van der Waals surface area contributed by atoms with Crippen molar-refractivity contribution in [1.82, 2.24) is 0 Å². The third-order valence-corrected chi connectivity index (χ3v) is 7.53. The summed E-state index contributed by atoms with van der Waals surface area (Å²) < 4.78 is 0. The summed E-state index contributed by atoms with van der Waals surface area (Å²) in [5.74, 6) is 1.97. The normalized spacial score (nSPS) is 19.7. The lowest BCUT2D eigenvalue weighted by Crippen LogP contribution is -2.17. The lowest BCUT2D eigenvalue weighted by Gasteiger charge is -2.30. The van der Waals surface area contributed by atoms with Crippen LogP contribution in [-0.4, -0.2) is 0 Å². The fourth-order valence-electron chi connectivity index (χ4n) is 4.80. The minimum Gasteiger partial charge on any atom is -0.398 e. The molecule has 0 atom stereocenters. The molecule has 35 heavy (non-hydrogen) atoms. The molecule has 2 N–H and O–H groups in total. The molecule has 0 aromatic rings. The molecule has 1 fully saturated rings. The Bertz CT molecular complexity index is 804. The minimum absolute atomic E-state index is 0.514. The summed E-state index contributed by atoms with van der Waals surface area (Å²) in [6, 6.07) is 0. The molecule has 1 nitrogen and oxygen atoms in total. The Morgan fingerprint density at radius 3 is 1.97 bits per heavy atom. The van der Waals surface area contributed by atoms with Gasteiger partial charge >= 0.3 is 0 Å². The maximum Gasteiger partial charge on any atom is 0.0378 e. The number of allylic oxidation sites excluding steroid dienone is 9. The van der Waals surface area contributed by atoms with Crippen molar-refractivity contribution in [2.24, 2.45) is 23.5 Å². The molecule has 0 bridgehead atoms. The van der Waals surface area contributed by atoms with Gasteiger partial charge in [0.05, 0.1) is 0 Å². The zero-order valence-electron chi connectivity index (χ0n) is 24.7. The molecule has 1 aliphatic carbocycles. The largest absolute Gasteiger partial charge is 0.398 e. The van der Waals surface area contributed by atoms with Gasteiger partial charge in [-0.1, -0.05) is 89.8 Å². The minimum atomic E-state index is 0.514. The van der Waals surface area contributed by atoms with E-state index in [0.29, 0.717) is 11.8 Å². The molecule has 0 aliphatic heterocycles. The van der Waals surface area contributed by atoms with Crippen molar-refractivity contribution in [3.05, 3.63) is 83.2 Å². The van der Waals surface area contributed by atoms with Gasteiger partial charge in [-0.05, 0) is 119 Å². The zero-order chi connectivity index (χ0) is 27.1. The predicted molar refractivity (Wildman–Crippen MR) is 161 cm³/mol. The van der Waals surface area contributed by atoms with Crippen molar-refractivity contribution < 1.29 is 0 Å². The van der Waals surface area contributed by atoms with Gasteiger partial charge in [-0.2, -0.15) is 0 Å². The van der Waals surface area contributed by atoms with Gasteiger partial charge in [-0.15, -0.1) is 0 Å². The SMILES string of the molecule is C=C/C(=C\C(C)C)C(=C)CCC(=C)C1CCC(CCC(=C(/C)CC)/C(N)=C(/C)C(=C)C)CC1.CC. The molecule has 0 heterocycles. The summed E-state index contributed by atoms with van der Waals surface area (Å²) in [5.41, 5.74) is 16.3. The van der Waals surface area contributed by atoms with E-state index >= 15 is 0 Å². The van der Waals surface area contributed by atoms with Gasteiger partial charge in [0, 0.05) is 5.70 Å². The van der Waals surface area contributed by atoms with Crippen LogP contribution in [0.2, 0.25) is 0 Å². The fourth-order valence-corrected chi connectivity index (χ4v) is 4.80. The average Bonchev–Trinajstić information content (AvgIpc) is 2.86. The second-order valence-electron chi connectivity index (χ2n) is 10.5. The Morgan fingerprint density at radius 1 is 0.943 bits per heavy atom. The van der Waals surface area contributed by atoms with Crippen LogP contribution >= 0.6 is 0 Å². The van der Waals surface area contributed by atoms with E-state index in [9.17, 15) is 0 Å². The number of nitrogens with two attached hydrogens (primary N) is 1. The molecule has 0 aromatic heterocycles. The topological polar surface area (TPSA) is 26.0 Å². The van der Waals surface area contributed by atoms with Crippen molar-refractivity contribution in [3.63, 3.8) is 0 Å². The second-order valence-corrected chi connectivity index (χ2v) is 10.5. The number of hydrogen-bond donors (Lipinski definition) is 1. The monoisotopic (exact) mass is 479 g/mol. The lowest BCUT2D eigenvalue weighted by molar-refractivity contribution is 0.285. The number of hydrogen-bond acceptors (Lipinski definition) is 1. The molecule has 0 radical (unpaired) electrons. The molecule has 0 saturated heterocycles. The summed E-state index contributed by atoms with van der Waals surface area (Å²) >= 11 is 0. The summed E-state index contributed by atoms with van der Waals surface area (Å²) in [5, 5.41) is 0. The van der Waals surface area contributed by atoms with Crippen LogP contribution in [0.1, 0.15) is 113 Å². The van der Waals surface area contributed by atoms with E-state index in [1.54, 1.807) is 0 Å². The molecule has 198 valence electrons. The van der Waals surface area contributed by atoms with E-state index in [2.05, 4.69) is 67.0 Å². The van der Waals surface area contributed by atoms with E-state index in [0.717, 1.165) is 48.4 Å². The van der Waals surface area contributed by atoms with Gasteiger partial charge in [0.15, 0.2) is 0 Å². The van der Waals surface area contributed by atoms with E-state index in [4.69, 9.17) is 5.73 Å². The van der Waals surface area contributed by atoms with Gasteiger partial charge in [-0.25, -0.2) is 0 Å². The molecule has 1 saturated carbocycles. The Hall–Kier alpha value is -2.02. The second kappa shape index (κ2) is 17.4. The lowest BCUT2D eigenvalue weighted by atomic mass is 9.75. The molecule has 1 heteroatoms. The Balaban J connectivity index is 0.00000562. The summed E-state index contributed by atoms with van der Waals surface area (Å²) in [6.45, 7) is 33.8. The Kier molecular flexibility index (Phi) is 16.4. The van der Waals surface area contributed by atoms with Crippen LogP contribution in [0.3, 0.4) is 0 Å². The van der Waals surface area contributed by atoms with Crippen LogP contribution in [0.5, 0.6) is 0 Å². The van der Waals surface area contributed by atoms with Gasteiger partial charge in [0.1, 0.15) is 0 Å². The van der Waals surface area contributed by atoms with E-state index in [1.165, 1.54) is 60.0 Å². The highest BCUT2D eigenvalue weighted by Crippen LogP contribution is 2.38. The third-order valence-electron chi connectivity index (χ3n) is 7.53. The summed E-state index contributed by atoms with van der Waals surface area (Å²) in [4.78, 5) is 0. The first-order chi connectivity index (χ1) is 16.5.